The zero-order chi connectivity index (χ0) is 15.2. The van der Waals surface area contributed by atoms with Crippen molar-refractivity contribution in [1.82, 2.24) is 0 Å². The molecule has 1 unspecified atom stereocenters. The molecule has 0 aliphatic rings. The minimum absolute atomic E-state index is 0.512. The third kappa shape index (κ3) is 3.97. The first-order chi connectivity index (χ1) is 8.84. The molecule has 0 aliphatic heterocycles. The Morgan fingerprint density at radius 2 is 1.58 bits per heavy atom. The predicted molar refractivity (Wildman–Crippen MR) is 82.5 cm³/mol. The van der Waals surface area contributed by atoms with E-state index < -0.39 is 11.2 Å². The molecule has 0 saturated heterocycles. The van der Waals surface area contributed by atoms with E-state index in [0.29, 0.717) is 17.1 Å². The monoisotopic (exact) mass is 255 g/mol. The van der Waals surface area contributed by atoms with Crippen LogP contribution in [0.4, 0.5) is 0 Å². The fourth-order valence-corrected chi connectivity index (χ4v) is 1.57. The van der Waals surface area contributed by atoms with Crippen LogP contribution in [0.15, 0.2) is 12.1 Å². The summed E-state index contributed by atoms with van der Waals surface area (Å²) in [6.45, 7) is 5.89. The second-order valence-electron chi connectivity index (χ2n) is 3.98. The lowest BCUT2D eigenvalue weighted by Gasteiger charge is -2.33. The van der Waals surface area contributed by atoms with E-state index in [-0.39, 0.29) is 0 Å². The highest BCUT2D eigenvalue weighted by molar-refractivity contribution is 6.44. The van der Waals surface area contributed by atoms with E-state index in [9.17, 15) is 0 Å². The molecule has 1 rings (SSSR count). The fraction of sp³-hybridized carbons (Fsp3) is 0.538. The van der Waals surface area contributed by atoms with E-state index in [1.165, 1.54) is 7.11 Å². The summed E-state index contributed by atoms with van der Waals surface area (Å²) < 4.78 is 10.4. The Labute approximate surface area is 120 Å². The fourth-order valence-electron chi connectivity index (χ4n) is 1.57. The van der Waals surface area contributed by atoms with E-state index in [2.05, 4.69) is 0 Å². The summed E-state index contributed by atoms with van der Waals surface area (Å²) in [5, 5.41) is -1.38. The molecule has 2 N–H and O–H groups in total. The van der Waals surface area contributed by atoms with Gasteiger partial charge in [0.1, 0.15) is 11.5 Å². The summed E-state index contributed by atoms with van der Waals surface area (Å²) in [6.07, 6.45) is 0. The Hall–Kier alpha value is -1.03. The molecule has 6 heteroatoms. The van der Waals surface area contributed by atoms with Gasteiger partial charge in [-0.15, -0.1) is 0 Å². The molecule has 98 valence electrons. The Morgan fingerprint density at radius 1 is 1.11 bits per heavy atom. The van der Waals surface area contributed by atoms with Crippen LogP contribution in [0, 0.1) is 6.92 Å². The molecule has 19 heavy (non-hydrogen) atoms. The van der Waals surface area contributed by atoms with Crippen LogP contribution in [0.5, 0.6) is 11.5 Å². The van der Waals surface area contributed by atoms with Gasteiger partial charge in [0.15, 0.2) is 0 Å². The average Bonchev–Trinajstić information content (AvgIpc) is 2.40. The van der Waals surface area contributed by atoms with E-state index in [4.69, 9.17) is 38.7 Å². The van der Waals surface area contributed by atoms with Crippen LogP contribution in [-0.4, -0.2) is 43.7 Å². The molecule has 0 bridgehead atoms. The summed E-state index contributed by atoms with van der Waals surface area (Å²) >= 11 is 0. The topological polar surface area (TPSA) is 44.5 Å². The molecule has 0 heterocycles. The van der Waals surface area contributed by atoms with Gasteiger partial charge < -0.3 is 15.2 Å². The lowest BCUT2D eigenvalue weighted by molar-refractivity contribution is 0.394. The molecule has 0 spiro atoms. The Morgan fingerprint density at radius 3 is 1.95 bits per heavy atom. The van der Waals surface area contributed by atoms with Crippen molar-refractivity contribution in [3.05, 3.63) is 23.3 Å². The first kappa shape index (κ1) is 18.0. The van der Waals surface area contributed by atoms with Gasteiger partial charge in [-0.05, 0) is 36.1 Å². The minimum Gasteiger partial charge on any atom is -0.496 e. The molecule has 3 nitrogen and oxygen atoms in total. The second kappa shape index (κ2) is 7.54. The maximum Gasteiger partial charge on any atom is 0.122 e. The van der Waals surface area contributed by atoms with Crippen molar-refractivity contribution in [2.24, 2.45) is 5.73 Å². The van der Waals surface area contributed by atoms with Gasteiger partial charge in [-0.25, -0.2) is 0 Å². The van der Waals surface area contributed by atoms with Crippen LogP contribution >= 0.6 is 0 Å². The van der Waals surface area contributed by atoms with Crippen LogP contribution in [0.3, 0.4) is 0 Å². The number of aryl methyl sites for hydroxylation is 1. The molecule has 1 aromatic rings. The van der Waals surface area contributed by atoms with Gasteiger partial charge in [-0.1, -0.05) is 19.1 Å². The van der Waals surface area contributed by atoms with Gasteiger partial charge in [0, 0.05) is 0 Å². The van der Waals surface area contributed by atoms with Gasteiger partial charge in [-0.2, -0.15) is 0 Å². The Bertz CT molecular complexity index is 409. The van der Waals surface area contributed by atoms with Crippen LogP contribution in [0.25, 0.3) is 0 Å². The highest BCUT2D eigenvalue weighted by Crippen LogP contribution is 2.34. The van der Waals surface area contributed by atoms with Crippen LogP contribution < -0.4 is 15.2 Å². The second-order valence-corrected chi connectivity index (χ2v) is 3.98. The van der Waals surface area contributed by atoms with Crippen molar-refractivity contribution in [3.8, 4) is 11.5 Å². The minimum atomic E-state index is -1.38. The van der Waals surface area contributed by atoms with E-state index in [0.717, 1.165) is 5.56 Å². The summed E-state index contributed by atoms with van der Waals surface area (Å²) in [7, 11) is 20.5. The van der Waals surface area contributed by atoms with Crippen LogP contribution in [0.1, 0.15) is 25.0 Å². The first-order valence-corrected chi connectivity index (χ1v) is 6.16. The quantitative estimate of drug-likeness (QED) is 0.815. The lowest BCUT2D eigenvalue weighted by atomic mass is 9.44. The zero-order valence-electron chi connectivity index (χ0n) is 12.4. The van der Waals surface area contributed by atoms with Crippen molar-refractivity contribution in [2.45, 2.75) is 31.9 Å². The normalized spacial score (nSPS) is 12.1. The van der Waals surface area contributed by atoms with Crippen molar-refractivity contribution < 1.29 is 9.47 Å². The number of hydrogen-bond acceptors (Lipinski definition) is 3. The van der Waals surface area contributed by atoms with Crippen molar-refractivity contribution in [3.63, 3.8) is 0 Å². The number of hydrogen-bond donors (Lipinski definition) is 1. The van der Waals surface area contributed by atoms with Crippen LogP contribution in [0.2, 0.25) is 0 Å². The summed E-state index contributed by atoms with van der Waals surface area (Å²) in [4.78, 5) is 0. The van der Waals surface area contributed by atoms with Gasteiger partial charge in [-0.3, -0.25) is 0 Å². The van der Waals surface area contributed by atoms with Crippen molar-refractivity contribution >= 4 is 23.5 Å². The van der Waals surface area contributed by atoms with E-state index >= 15 is 0 Å². The standard InChI is InChI=1S/C11H14B3NO2.C2H6/c1-6-4-9(17-3)7(5-8(6)16-2)11(13,14)10(12)15;1-2/h4-5,10H,15H2,1-3H3;1-2H3. The molecule has 0 saturated carbocycles. The summed E-state index contributed by atoms with van der Waals surface area (Å²) in [5.41, 5.74) is 7.01. The number of rotatable bonds is 4. The van der Waals surface area contributed by atoms with Gasteiger partial charge in [0.25, 0.3) is 0 Å². The average molecular weight is 255 g/mol. The number of benzene rings is 1. The Balaban J connectivity index is 0.00000154. The SMILES string of the molecule is CC.[B]C(N)C([B])([B])c1cc(OC)c(C)cc1OC. The van der Waals surface area contributed by atoms with Gasteiger partial charge in [0.2, 0.25) is 0 Å². The molecule has 1 aromatic carbocycles. The number of ether oxygens (including phenoxy) is 2. The highest BCUT2D eigenvalue weighted by Gasteiger charge is 2.28. The lowest BCUT2D eigenvalue weighted by Crippen LogP contribution is -2.47. The third-order valence-electron chi connectivity index (χ3n) is 2.74. The summed E-state index contributed by atoms with van der Waals surface area (Å²) in [6, 6.07) is 3.48. The maximum absolute atomic E-state index is 5.92. The maximum atomic E-state index is 5.92. The molecule has 0 aliphatic carbocycles. The van der Waals surface area contributed by atoms with Gasteiger partial charge in [0.05, 0.1) is 37.8 Å². The van der Waals surface area contributed by atoms with E-state index in [1.54, 1.807) is 19.2 Å². The van der Waals surface area contributed by atoms with Gasteiger partial charge >= 0.3 is 0 Å². The largest absolute Gasteiger partial charge is 0.496 e. The first-order valence-electron chi connectivity index (χ1n) is 6.16. The molecule has 0 amide bonds. The Kier molecular flexibility index (Phi) is 7.13. The summed E-state index contributed by atoms with van der Waals surface area (Å²) in [5.74, 6) is 0.278. The molecular weight excluding hydrogens is 235 g/mol. The molecule has 0 aromatic heterocycles. The van der Waals surface area contributed by atoms with Crippen molar-refractivity contribution in [2.75, 3.05) is 14.2 Å². The highest BCUT2D eigenvalue weighted by atomic mass is 16.5. The van der Waals surface area contributed by atoms with E-state index in [1.807, 2.05) is 20.8 Å². The predicted octanol–water partition coefficient (Wildman–Crippen LogP) is 0.982. The third-order valence-corrected chi connectivity index (χ3v) is 2.74. The number of methoxy groups -OCH3 is 2. The number of nitrogens with two attached hydrogens (primary N) is 1. The smallest absolute Gasteiger partial charge is 0.122 e. The molecule has 0 fully saturated rings. The molecule has 1 atom stereocenters. The van der Waals surface area contributed by atoms with Crippen LogP contribution in [-0.2, 0) is 5.21 Å². The molecular formula is C13H20B3NO2. The molecule has 6 radical (unpaired) electrons. The van der Waals surface area contributed by atoms with Crippen molar-refractivity contribution in [1.29, 1.82) is 0 Å². The zero-order valence-corrected chi connectivity index (χ0v) is 12.4.